The number of hydrogen-bond donors (Lipinski definition) is 0. The lowest BCUT2D eigenvalue weighted by Crippen LogP contribution is -2.27. The molecule has 0 saturated carbocycles. The Kier molecular flexibility index (Phi) is 7.04. The van der Waals surface area contributed by atoms with Crippen LogP contribution in [0.2, 0.25) is 0 Å². The predicted octanol–water partition coefficient (Wildman–Crippen LogP) is 3.54. The van der Waals surface area contributed by atoms with Crippen molar-refractivity contribution in [3.05, 3.63) is 0 Å². The van der Waals surface area contributed by atoms with E-state index in [0.29, 0.717) is 19.6 Å². The minimum atomic E-state index is -2.96. The van der Waals surface area contributed by atoms with Gasteiger partial charge in [0.25, 0.3) is 0 Å². The van der Waals surface area contributed by atoms with Crippen LogP contribution in [0.3, 0.4) is 0 Å². The van der Waals surface area contributed by atoms with Crippen molar-refractivity contribution in [2.45, 2.75) is 54.9 Å². The summed E-state index contributed by atoms with van der Waals surface area (Å²) < 4.78 is 29.5. The van der Waals surface area contributed by atoms with E-state index in [4.69, 9.17) is 4.74 Å². The number of rotatable bonds is 7. The van der Waals surface area contributed by atoms with Crippen LogP contribution in [0.15, 0.2) is 0 Å². The van der Waals surface area contributed by atoms with E-state index in [1.54, 1.807) is 0 Å². The maximum atomic E-state index is 12.0. The van der Waals surface area contributed by atoms with Crippen molar-refractivity contribution >= 4 is 9.84 Å². The molecule has 0 radical (unpaired) electrons. The highest BCUT2D eigenvalue weighted by atomic mass is 32.2. The standard InChI is InChI=1S/C15H32O3S/c1-13(15(5,6)7)11-19(16,17)10-8-9-18-12-14(2,3)4/h13H,8-12H2,1-7H3. The van der Waals surface area contributed by atoms with Gasteiger partial charge in [0.05, 0.1) is 18.1 Å². The normalized spacial score (nSPS) is 15.5. The molecule has 0 amide bonds. The smallest absolute Gasteiger partial charge is 0.150 e. The van der Waals surface area contributed by atoms with Crippen molar-refractivity contribution in [2.75, 3.05) is 24.7 Å². The number of hydrogen-bond acceptors (Lipinski definition) is 3. The van der Waals surface area contributed by atoms with Crippen LogP contribution < -0.4 is 0 Å². The molecule has 0 aliphatic carbocycles. The highest BCUT2D eigenvalue weighted by Gasteiger charge is 2.25. The Morgan fingerprint density at radius 2 is 1.58 bits per heavy atom. The van der Waals surface area contributed by atoms with Crippen LogP contribution in [0.4, 0.5) is 0 Å². The third kappa shape index (κ3) is 10.4. The molecule has 0 bridgehead atoms. The molecule has 0 spiro atoms. The molecule has 0 aromatic rings. The highest BCUT2D eigenvalue weighted by molar-refractivity contribution is 7.91. The average molecular weight is 292 g/mol. The van der Waals surface area contributed by atoms with Gasteiger partial charge in [0.1, 0.15) is 0 Å². The summed E-state index contributed by atoms with van der Waals surface area (Å²) >= 11 is 0. The molecule has 1 unspecified atom stereocenters. The van der Waals surface area contributed by atoms with Crippen molar-refractivity contribution < 1.29 is 13.2 Å². The molecule has 0 aromatic heterocycles. The Hall–Kier alpha value is -0.0900. The van der Waals surface area contributed by atoms with Gasteiger partial charge in [0.2, 0.25) is 0 Å². The van der Waals surface area contributed by atoms with Gasteiger partial charge in [-0.05, 0) is 23.2 Å². The fraction of sp³-hybridized carbons (Fsp3) is 1.00. The van der Waals surface area contributed by atoms with Gasteiger partial charge in [-0.1, -0.05) is 48.5 Å². The summed E-state index contributed by atoms with van der Waals surface area (Å²) in [6.07, 6.45) is 0.593. The second kappa shape index (κ2) is 7.07. The first-order chi connectivity index (χ1) is 8.33. The van der Waals surface area contributed by atoms with Gasteiger partial charge in [-0.25, -0.2) is 8.42 Å². The lowest BCUT2D eigenvalue weighted by Gasteiger charge is -2.26. The molecule has 3 nitrogen and oxygen atoms in total. The zero-order valence-corrected chi connectivity index (χ0v) is 14.6. The first kappa shape index (κ1) is 18.9. The van der Waals surface area contributed by atoms with Crippen LogP contribution in [0, 0.1) is 16.7 Å². The highest BCUT2D eigenvalue weighted by Crippen LogP contribution is 2.26. The quantitative estimate of drug-likeness (QED) is 0.674. The fourth-order valence-corrected chi connectivity index (χ4v) is 3.46. The van der Waals surface area contributed by atoms with Crippen molar-refractivity contribution in [3.8, 4) is 0 Å². The van der Waals surface area contributed by atoms with Crippen LogP contribution in [0.5, 0.6) is 0 Å². The van der Waals surface area contributed by atoms with E-state index >= 15 is 0 Å². The van der Waals surface area contributed by atoms with Crippen LogP contribution in [-0.4, -0.2) is 33.1 Å². The number of sulfone groups is 1. The SMILES string of the molecule is CC(CS(=O)(=O)CCCOCC(C)(C)C)C(C)(C)C. The van der Waals surface area contributed by atoms with Gasteiger partial charge in [0.15, 0.2) is 9.84 Å². The summed E-state index contributed by atoms with van der Waals surface area (Å²) in [4.78, 5) is 0. The summed E-state index contributed by atoms with van der Waals surface area (Å²) in [5.74, 6) is 0.681. The molecule has 0 aromatic carbocycles. The predicted molar refractivity (Wildman–Crippen MR) is 82.2 cm³/mol. The molecule has 0 heterocycles. The Morgan fingerprint density at radius 1 is 1.05 bits per heavy atom. The molecule has 0 saturated heterocycles. The fourth-order valence-electron chi connectivity index (χ4n) is 1.47. The first-order valence-corrected chi connectivity index (χ1v) is 8.94. The molecule has 19 heavy (non-hydrogen) atoms. The van der Waals surface area contributed by atoms with Crippen LogP contribution in [-0.2, 0) is 14.6 Å². The maximum absolute atomic E-state index is 12.0. The van der Waals surface area contributed by atoms with E-state index in [-0.39, 0.29) is 28.3 Å². The average Bonchev–Trinajstić information content (AvgIpc) is 2.12. The van der Waals surface area contributed by atoms with Gasteiger partial charge < -0.3 is 4.74 Å². The van der Waals surface area contributed by atoms with E-state index in [0.717, 1.165) is 0 Å². The van der Waals surface area contributed by atoms with Gasteiger partial charge in [0, 0.05) is 6.61 Å². The topological polar surface area (TPSA) is 43.4 Å². The van der Waals surface area contributed by atoms with Crippen LogP contribution >= 0.6 is 0 Å². The van der Waals surface area contributed by atoms with Crippen LogP contribution in [0.1, 0.15) is 54.9 Å². The van der Waals surface area contributed by atoms with Crippen molar-refractivity contribution in [1.82, 2.24) is 0 Å². The van der Waals surface area contributed by atoms with E-state index in [9.17, 15) is 8.42 Å². The number of ether oxygens (including phenoxy) is 1. The molecular weight excluding hydrogens is 260 g/mol. The Labute approximate surface area is 120 Å². The third-order valence-corrected chi connectivity index (χ3v) is 5.18. The summed E-state index contributed by atoms with van der Waals surface area (Å²) in [5.41, 5.74) is 0.176. The first-order valence-electron chi connectivity index (χ1n) is 7.12. The van der Waals surface area contributed by atoms with Gasteiger partial charge in [-0.2, -0.15) is 0 Å². The Balaban J connectivity index is 4.00. The molecule has 0 fully saturated rings. The second-order valence-corrected chi connectivity index (χ2v) is 10.1. The lowest BCUT2D eigenvalue weighted by atomic mass is 9.83. The Bertz CT molecular complexity index is 345. The maximum Gasteiger partial charge on any atom is 0.150 e. The van der Waals surface area contributed by atoms with Gasteiger partial charge >= 0.3 is 0 Å². The van der Waals surface area contributed by atoms with Crippen molar-refractivity contribution in [1.29, 1.82) is 0 Å². The van der Waals surface area contributed by atoms with E-state index in [1.165, 1.54) is 0 Å². The van der Waals surface area contributed by atoms with Gasteiger partial charge in [-0.3, -0.25) is 0 Å². The Morgan fingerprint density at radius 3 is 2.00 bits per heavy atom. The molecular formula is C15H32O3S. The third-order valence-electron chi connectivity index (χ3n) is 3.26. The molecule has 0 rings (SSSR count). The largest absolute Gasteiger partial charge is 0.381 e. The summed E-state index contributed by atoms with van der Waals surface area (Å²) in [5, 5.41) is 0. The molecule has 0 aliphatic heterocycles. The molecule has 1 atom stereocenters. The van der Waals surface area contributed by atoms with Crippen LogP contribution in [0.25, 0.3) is 0 Å². The lowest BCUT2D eigenvalue weighted by molar-refractivity contribution is 0.0720. The summed E-state index contributed by atoms with van der Waals surface area (Å²) in [7, 11) is -2.96. The van der Waals surface area contributed by atoms with Crippen molar-refractivity contribution in [2.24, 2.45) is 16.7 Å². The second-order valence-electron chi connectivity index (χ2n) is 7.85. The zero-order valence-electron chi connectivity index (χ0n) is 13.7. The molecule has 0 N–H and O–H groups in total. The summed E-state index contributed by atoms with van der Waals surface area (Å²) in [6.45, 7) is 15.8. The molecule has 116 valence electrons. The van der Waals surface area contributed by atoms with E-state index in [1.807, 2.05) is 6.92 Å². The monoisotopic (exact) mass is 292 g/mol. The minimum Gasteiger partial charge on any atom is -0.381 e. The molecule has 0 aliphatic rings. The minimum absolute atomic E-state index is 0.0375. The van der Waals surface area contributed by atoms with E-state index in [2.05, 4.69) is 41.5 Å². The summed E-state index contributed by atoms with van der Waals surface area (Å²) in [6, 6.07) is 0. The molecule has 4 heteroatoms. The van der Waals surface area contributed by atoms with E-state index < -0.39 is 9.84 Å². The zero-order chi connectivity index (χ0) is 15.3. The van der Waals surface area contributed by atoms with Gasteiger partial charge in [-0.15, -0.1) is 0 Å². The van der Waals surface area contributed by atoms with Crippen molar-refractivity contribution in [3.63, 3.8) is 0 Å².